The Balaban J connectivity index is 2.02. The monoisotopic (exact) mass is 274 g/mol. The van der Waals surface area contributed by atoms with Crippen LogP contribution in [0.1, 0.15) is 36.8 Å². The minimum atomic E-state index is 0.0321. The third-order valence-corrected chi connectivity index (χ3v) is 3.69. The lowest BCUT2D eigenvalue weighted by molar-refractivity contribution is -0.129. The first-order valence-corrected chi connectivity index (χ1v) is 7.22. The van der Waals surface area contributed by atoms with Crippen LogP contribution in [0, 0.1) is 6.92 Å². The SMILES string of the molecule is Cc1cncc(C=CC(=O)N2CCCCC2CCO)c1. The Kier molecular flexibility index (Phi) is 5.30. The molecule has 0 aromatic carbocycles. The predicted molar refractivity (Wildman–Crippen MR) is 79.1 cm³/mol. The van der Waals surface area contributed by atoms with Crippen molar-refractivity contribution in [1.29, 1.82) is 0 Å². The lowest BCUT2D eigenvalue weighted by Gasteiger charge is -2.34. The molecule has 4 heteroatoms. The van der Waals surface area contributed by atoms with E-state index in [0.717, 1.165) is 36.9 Å². The molecule has 1 N–H and O–H groups in total. The third-order valence-electron chi connectivity index (χ3n) is 3.69. The van der Waals surface area contributed by atoms with Crippen molar-refractivity contribution in [2.75, 3.05) is 13.2 Å². The summed E-state index contributed by atoms with van der Waals surface area (Å²) < 4.78 is 0. The van der Waals surface area contributed by atoms with Crippen LogP contribution in [-0.2, 0) is 4.79 Å². The number of carbonyl (C=O) groups excluding carboxylic acids is 1. The minimum absolute atomic E-state index is 0.0321. The van der Waals surface area contributed by atoms with E-state index >= 15 is 0 Å². The minimum Gasteiger partial charge on any atom is -0.396 e. The Morgan fingerprint density at radius 1 is 1.50 bits per heavy atom. The predicted octanol–water partition coefficient (Wildman–Crippen LogP) is 2.17. The summed E-state index contributed by atoms with van der Waals surface area (Å²) in [7, 11) is 0. The number of amides is 1. The summed E-state index contributed by atoms with van der Waals surface area (Å²) in [5.41, 5.74) is 2.02. The zero-order valence-corrected chi connectivity index (χ0v) is 12.0. The molecule has 2 rings (SSSR count). The second-order valence-corrected chi connectivity index (χ2v) is 5.32. The van der Waals surface area contributed by atoms with Gasteiger partial charge in [-0.05, 0) is 55.9 Å². The van der Waals surface area contributed by atoms with Crippen molar-refractivity contribution >= 4 is 12.0 Å². The molecule has 20 heavy (non-hydrogen) atoms. The molecule has 1 saturated heterocycles. The topological polar surface area (TPSA) is 53.4 Å². The van der Waals surface area contributed by atoms with Crippen molar-refractivity contribution in [3.8, 4) is 0 Å². The number of nitrogens with zero attached hydrogens (tertiary/aromatic N) is 2. The van der Waals surface area contributed by atoms with Crippen LogP contribution in [0.5, 0.6) is 0 Å². The molecule has 0 radical (unpaired) electrons. The zero-order valence-electron chi connectivity index (χ0n) is 12.0. The van der Waals surface area contributed by atoms with Crippen LogP contribution in [0.15, 0.2) is 24.5 Å². The normalized spacial score (nSPS) is 19.5. The van der Waals surface area contributed by atoms with E-state index in [1.165, 1.54) is 0 Å². The Morgan fingerprint density at radius 3 is 3.10 bits per heavy atom. The summed E-state index contributed by atoms with van der Waals surface area (Å²) in [6, 6.07) is 2.18. The van der Waals surface area contributed by atoms with Gasteiger partial charge in [0, 0.05) is 37.7 Å². The second kappa shape index (κ2) is 7.20. The highest BCUT2D eigenvalue weighted by molar-refractivity contribution is 5.92. The summed E-state index contributed by atoms with van der Waals surface area (Å²) in [5.74, 6) is 0.0321. The summed E-state index contributed by atoms with van der Waals surface area (Å²) in [6.07, 6.45) is 10.8. The molecule has 0 saturated carbocycles. The van der Waals surface area contributed by atoms with E-state index in [2.05, 4.69) is 4.98 Å². The van der Waals surface area contributed by atoms with E-state index in [0.29, 0.717) is 6.42 Å². The first-order valence-electron chi connectivity index (χ1n) is 7.22. The van der Waals surface area contributed by atoms with E-state index in [1.807, 2.05) is 24.0 Å². The van der Waals surface area contributed by atoms with Gasteiger partial charge in [0.15, 0.2) is 0 Å². The maximum Gasteiger partial charge on any atom is 0.246 e. The molecule has 1 aromatic heterocycles. The number of aromatic nitrogens is 1. The van der Waals surface area contributed by atoms with Crippen molar-refractivity contribution < 1.29 is 9.90 Å². The van der Waals surface area contributed by atoms with Crippen LogP contribution < -0.4 is 0 Å². The van der Waals surface area contributed by atoms with Crippen LogP contribution in [0.3, 0.4) is 0 Å². The highest BCUT2D eigenvalue weighted by Crippen LogP contribution is 2.20. The van der Waals surface area contributed by atoms with Crippen molar-refractivity contribution in [1.82, 2.24) is 9.88 Å². The number of likely N-dealkylation sites (tertiary alicyclic amines) is 1. The van der Waals surface area contributed by atoms with Crippen LogP contribution in [0.4, 0.5) is 0 Å². The van der Waals surface area contributed by atoms with Crippen LogP contribution in [-0.4, -0.2) is 40.1 Å². The van der Waals surface area contributed by atoms with Crippen molar-refractivity contribution in [3.63, 3.8) is 0 Å². The van der Waals surface area contributed by atoms with E-state index in [1.54, 1.807) is 18.5 Å². The molecule has 108 valence electrons. The van der Waals surface area contributed by atoms with E-state index < -0.39 is 0 Å². The molecular formula is C16H22N2O2. The molecule has 1 fully saturated rings. The summed E-state index contributed by atoms with van der Waals surface area (Å²) in [4.78, 5) is 18.3. The first kappa shape index (κ1) is 14.7. The Morgan fingerprint density at radius 2 is 2.35 bits per heavy atom. The van der Waals surface area contributed by atoms with Crippen LogP contribution >= 0.6 is 0 Å². The molecule has 1 aliphatic rings. The first-order chi connectivity index (χ1) is 9.70. The fourth-order valence-electron chi connectivity index (χ4n) is 2.67. The maximum atomic E-state index is 12.3. The van der Waals surface area contributed by atoms with Gasteiger partial charge in [-0.25, -0.2) is 0 Å². The van der Waals surface area contributed by atoms with Crippen LogP contribution in [0.25, 0.3) is 6.08 Å². The molecule has 1 atom stereocenters. The average molecular weight is 274 g/mol. The third kappa shape index (κ3) is 3.90. The second-order valence-electron chi connectivity index (χ2n) is 5.32. The van der Waals surface area contributed by atoms with E-state index in [-0.39, 0.29) is 18.6 Å². The Bertz CT molecular complexity index is 483. The largest absolute Gasteiger partial charge is 0.396 e. The molecule has 0 bridgehead atoms. The number of aryl methyl sites for hydroxylation is 1. The number of carbonyl (C=O) groups is 1. The molecule has 4 nitrogen and oxygen atoms in total. The van der Waals surface area contributed by atoms with Gasteiger partial charge in [-0.15, -0.1) is 0 Å². The smallest absolute Gasteiger partial charge is 0.246 e. The average Bonchev–Trinajstić information content (AvgIpc) is 2.46. The highest BCUT2D eigenvalue weighted by atomic mass is 16.3. The van der Waals surface area contributed by atoms with Gasteiger partial charge in [-0.1, -0.05) is 0 Å². The summed E-state index contributed by atoms with van der Waals surface area (Å²) >= 11 is 0. The lowest BCUT2D eigenvalue weighted by Crippen LogP contribution is -2.43. The Labute approximate surface area is 120 Å². The number of aliphatic hydroxyl groups is 1. The summed E-state index contributed by atoms with van der Waals surface area (Å²) in [5, 5.41) is 9.09. The van der Waals surface area contributed by atoms with Gasteiger partial charge in [0.1, 0.15) is 0 Å². The van der Waals surface area contributed by atoms with Crippen LogP contribution in [0.2, 0.25) is 0 Å². The van der Waals surface area contributed by atoms with Crippen molar-refractivity contribution in [2.24, 2.45) is 0 Å². The molecule has 1 unspecified atom stereocenters. The highest BCUT2D eigenvalue weighted by Gasteiger charge is 2.24. The molecule has 1 aliphatic heterocycles. The fourth-order valence-corrected chi connectivity index (χ4v) is 2.67. The lowest BCUT2D eigenvalue weighted by atomic mass is 9.99. The number of hydrogen-bond acceptors (Lipinski definition) is 3. The molecule has 0 spiro atoms. The molecule has 1 aromatic rings. The van der Waals surface area contributed by atoms with Gasteiger partial charge in [-0.3, -0.25) is 9.78 Å². The number of hydrogen-bond donors (Lipinski definition) is 1. The van der Waals surface area contributed by atoms with Gasteiger partial charge < -0.3 is 10.0 Å². The van der Waals surface area contributed by atoms with Crippen molar-refractivity contribution in [3.05, 3.63) is 35.7 Å². The molecular weight excluding hydrogens is 252 g/mol. The maximum absolute atomic E-state index is 12.3. The van der Waals surface area contributed by atoms with Gasteiger partial charge >= 0.3 is 0 Å². The van der Waals surface area contributed by atoms with Crippen molar-refractivity contribution in [2.45, 2.75) is 38.6 Å². The molecule has 0 aliphatic carbocycles. The summed E-state index contributed by atoms with van der Waals surface area (Å²) in [6.45, 7) is 2.91. The van der Waals surface area contributed by atoms with Gasteiger partial charge in [0.2, 0.25) is 5.91 Å². The standard InChI is InChI=1S/C16H22N2O2/c1-13-10-14(12-17-11-13)5-6-16(20)18-8-3-2-4-15(18)7-9-19/h5-6,10-12,15,19H,2-4,7-9H2,1H3. The quantitative estimate of drug-likeness (QED) is 0.856. The fraction of sp³-hybridized carbons (Fsp3) is 0.500. The van der Waals surface area contributed by atoms with Gasteiger partial charge in [-0.2, -0.15) is 0 Å². The van der Waals surface area contributed by atoms with E-state index in [4.69, 9.17) is 5.11 Å². The zero-order chi connectivity index (χ0) is 14.4. The van der Waals surface area contributed by atoms with E-state index in [9.17, 15) is 4.79 Å². The van der Waals surface area contributed by atoms with Gasteiger partial charge in [0.25, 0.3) is 0 Å². The van der Waals surface area contributed by atoms with Gasteiger partial charge in [0.05, 0.1) is 0 Å². The number of piperidine rings is 1. The Hall–Kier alpha value is -1.68. The molecule has 1 amide bonds. The molecule has 2 heterocycles. The number of pyridine rings is 1. The number of rotatable bonds is 4. The number of aliphatic hydroxyl groups excluding tert-OH is 1.